The van der Waals surface area contributed by atoms with Gasteiger partial charge in [-0.15, -0.1) is 0 Å². The van der Waals surface area contributed by atoms with E-state index in [4.69, 9.17) is 9.72 Å². The summed E-state index contributed by atoms with van der Waals surface area (Å²) in [6.45, 7) is 5.22. The van der Waals surface area contributed by atoms with Gasteiger partial charge in [0.2, 0.25) is 0 Å². The van der Waals surface area contributed by atoms with Gasteiger partial charge in [0.15, 0.2) is 0 Å². The molecule has 0 bridgehead atoms. The van der Waals surface area contributed by atoms with Crippen LogP contribution in [0, 0.1) is 0 Å². The van der Waals surface area contributed by atoms with Gasteiger partial charge in [-0.3, -0.25) is 5.32 Å². The molecule has 1 fully saturated rings. The van der Waals surface area contributed by atoms with Crippen LogP contribution < -0.4 is 10.2 Å². The Hall–Kier alpha value is -3.26. The molecule has 1 saturated heterocycles. The van der Waals surface area contributed by atoms with Crippen molar-refractivity contribution in [2.45, 2.75) is 32.0 Å². The van der Waals surface area contributed by atoms with E-state index in [1.165, 1.54) is 0 Å². The zero-order valence-electron chi connectivity index (χ0n) is 17.7. The monoisotopic (exact) mass is 424 g/mol. The van der Waals surface area contributed by atoms with Crippen LogP contribution in [0.3, 0.4) is 0 Å². The van der Waals surface area contributed by atoms with Crippen molar-refractivity contribution in [3.8, 4) is 11.3 Å². The number of carbonyl (C=O) groups is 1. The van der Waals surface area contributed by atoms with E-state index in [9.17, 15) is 14.3 Å². The highest BCUT2D eigenvalue weighted by Crippen LogP contribution is 2.31. The number of hydrogen-bond donors (Lipinski definition) is 2. The molecule has 4 rings (SSSR count). The zero-order chi connectivity index (χ0) is 22.2. The smallest absolute Gasteiger partial charge is 0.413 e. The number of β-amino-alcohol motifs (C(OH)–C–C–N with tert-alkyl or cyclic N) is 1. The molecule has 0 spiro atoms. The average molecular weight is 424 g/mol. The lowest BCUT2D eigenvalue weighted by Gasteiger charge is -2.46. The maximum Gasteiger partial charge on any atom is 0.413 e. The molecule has 162 valence electrons. The first-order chi connectivity index (χ1) is 14.6. The number of fused-ring (bicyclic) bond motifs is 1. The Morgan fingerprint density at radius 2 is 2.00 bits per heavy atom. The fourth-order valence-corrected chi connectivity index (χ4v) is 3.47. The van der Waals surface area contributed by atoms with Gasteiger partial charge in [0.1, 0.15) is 23.7 Å². The summed E-state index contributed by atoms with van der Waals surface area (Å²) >= 11 is 0. The van der Waals surface area contributed by atoms with Crippen LogP contribution in [-0.4, -0.2) is 52.1 Å². The molecule has 0 saturated carbocycles. The van der Waals surface area contributed by atoms with Crippen molar-refractivity contribution in [1.29, 1.82) is 0 Å². The highest BCUT2D eigenvalue weighted by Gasteiger charge is 2.41. The quantitative estimate of drug-likeness (QED) is 0.654. The summed E-state index contributed by atoms with van der Waals surface area (Å²) in [4.78, 5) is 22.8. The average Bonchev–Trinajstić information content (AvgIpc) is 2.69. The first-order valence-electron chi connectivity index (χ1n) is 10.0. The number of hydrogen-bond acceptors (Lipinski definition) is 6. The number of benzene rings is 1. The van der Waals surface area contributed by atoms with Crippen LogP contribution in [0.15, 0.2) is 48.7 Å². The molecule has 1 aliphatic heterocycles. The lowest BCUT2D eigenvalue weighted by Crippen LogP contribution is -2.63. The first kappa shape index (κ1) is 21.0. The Morgan fingerprint density at radius 3 is 2.71 bits per heavy atom. The molecule has 1 aliphatic rings. The minimum absolute atomic E-state index is 0.283. The van der Waals surface area contributed by atoms with Gasteiger partial charge < -0.3 is 14.7 Å². The van der Waals surface area contributed by atoms with Crippen LogP contribution in [0.4, 0.5) is 20.7 Å². The number of alkyl halides is 1. The number of pyridine rings is 2. The van der Waals surface area contributed by atoms with Gasteiger partial charge in [0, 0.05) is 22.8 Å². The number of anilines is 2. The molecule has 31 heavy (non-hydrogen) atoms. The van der Waals surface area contributed by atoms with E-state index in [2.05, 4.69) is 10.3 Å². The van der Waals surface area contributed by atoms with Crippen LogP contribution >= 0.6 is 0 Å². The Balaban J connectivity index is 1.52. The summed E-state index contributed by atoms with van der Waals surface area (Å²) in [6, 6.07) is 13.2. The van der Waals surface area contributed by atoms with Crippen LogP contribution in [0.25, 0.3) is 22.2 Å². The lowest BCUT2D eigenvalue weighted by molar-refractivity contribution is -0.00981. The summed E-state index contributed by atoms with van der Waals surface area (Å²) in [7, 11) is 0. The summed E-state index contributed by atoms with van der Waals surface area (Å²) in [5.41, 5.74) is 1.45. The lowest BCUT2D eigenvalue weighted by atomic mass is 9.95. The number of aromatic nitrogens is 2. The van der Waals surface area contributed by atoms with Gasteiger partial charge in [-0.1, -0.05) is 6.07 Å². The number of nitrogens with one attached hydrogen (secondary N) is 1. The number of halogens is 1. The summed E-state index contributed by atoms with van der Waals surface area (Å²) in [5, 5.41) is 13.5. The molecule has 0 radical (unpaired) electrons. The second kappa shape index (κ2) is 7.77. The minimum atomic E-state index is -1.23. The van der Waals surface area contributed by atoms with Gasteiger partial charge in [0.25, 0.3) is 0 Å². The van der Waals surface area contributed by atoms with Crippen LogP contribution in [0.2, 0.25) is 0 Å². The van der Waals surface area contributed by atoms with Crippen molar-refractivity contribution in [2.75, 3.05) is 30.0 Å². The highest BCUT2D eigenvalue weighted by atomic mass is 19.1. The van der Waals surface area contributed by atoms with Crippen LogP contribution in [0.5, 0.6) is 0 Å². The number of carbonyl (C=O) groups excluding carboxylic acids is 1. The molecule has 2 N–H and O–H groups in total. The zero-order valence-corrected chi connectivity index (χ0v) is 17.7. The summed E-state index contributed by atoms with van der Waals surface area (Å²) in [6.07, 6.45) is 1.04. The maximum atomic E-state index is 12.8. The van der Waals surface area contributed by atoms with Gasteiger partial charge in [-0.05, 0) is 57.2 Å². The maximum absolute atomic E-state index is 12.8. The van der Waals surface area contributed by atoms with Crippen molar-refractivity contribution in [3.05, 3.63) is 48.7 Å². The predicted octanol–water partition coefficient (Wildman–Crippen LogP) is 4.16. The molecule has 3 aromatic rings. The largest absolute Gasteiger partial charge is 0.444 e. The van der Waals surface area contributed by atoms with Crippen molar-refractivity contribution < 1.29 is 19.0 Å². The second-order valence-corrected chi connectivity index (χ2v) is 8.84. The van der Waals surface area contributed by atoms with Crippen molar-refractivity contribution in [2.24, 2.45) is 0 Å². The summed E-state index contributed by atoms with van der Waals surface area (Å²) < 4.78 is 18.1. The Bertz CT molecular complexity index is 1120. The van der Waals surface area contributed by atoms with E-state index in [1.807, 2.05) is 41.3 Å². The number of ether oxygens (including phenoxy) is 1. The van der Waals surface area contributed by atoms with Crippen LogP contribution in [0.1, 0.15) is 20.8 Å². The van der Waals surface area contributed by atoms with Gasteiger partial charge in [-0.2, -0.15) is 0 Å². The Kier molecular flexibility index (Phi) is 5.26. The van der Waals surface area contributed by atoms with E-state index < -0.39 is 24.0 Å². The van der Waals surface area contributed by atoms with E-state index in [-0.39, 0.29) is 13.1 Å². The summed E-state index contributed by atoms with van der Waals surface area (Å²) in [5.74, 6) is 0.377. The standard InChI is InChI=1S/C23H25FN4O3/c1-22(2,3)31-21(29)27-20-11-16(8-9-25-20)18-6-4-15-10-17(5-7-19(15)26-18)28-13-23(30,12-24)14-28/h4-11,30H,12-14H2,1-3H3,(H,25,27,29). The third-order valence-electron chi connectivity index (χ3n) is 4.94. The molecule has 0 unspecified atom stereocenters. The number of nitrogens with zero attached hydrogens (tertiary/aromatic N) is 3. The minimum Gasteiger partial charge on any atom is -0.444 e. The fraction of sp³-hybridized carbons (Fsp3) is 0.348. The number of aliphatic hydroxyl groups is 1. The van der Waals surface area contributed by atoms with E-state index >= 15 is 0 Å². The van der Waals surface area contributed by atoms with E-state index in [1.54, 1.807) is 33.0 Å². The molecule has 2 aromatic heterocycles. The van der Waals surface area contributed by atoms with Gasteiger partial charge >= 0.3 is 6.09 Å². The van der Waals surface area contributed by atoms with Crippen molar-refractivity contribution in [3.63, 3.8) is 0 Å². The molecule has 1 aromatic carbocycles. The normalized spacial score (nSPS) is 15.5. The second-order valence-electron chi connectivity index (χ2n) is 8.84. The molecule has 0 atom stereocenters. The SMILES string of the molecule is CC(C)(C)OC(=O)Nc1cc(-c2ccc3cc(N4CC(O)(CF)C4)ccc3n2)ccn1. The first-order valence-corrected chi connectivity index (χ1v) is 10.0. The van der Waals surface area contributed by atoms with Crippen molar-refractivity contribution in [1.82, 2.24) is 9.97 Å². The molecule has 7 nitrogen and oxygen atoms in total. The molecule has 0 aliphatic carbocycles. The Morgan fingerprint density at radius 1 is 1.23 bits per heavy atom. The Labute approximate surface area is 179 Å². The fourth-order valence-electron chi connectivity index (χ4n) is 3.47. The topological polar surface area (TPSA) is 87.6 Å². The molecular weight excluding hydrogens is 399 g/mol. The number of rotatable bonds is 4. The van der Waals surface area contributed by atoms with Gasteiger partial charge in [0.05, 0.1) is 24.3 Å². The predicted molar refractivity (Wildman–Crippen MR) is 118 cm³/mol. The third-order valence-corrected chi connectivity index (χ3v) is 4.94. The van der Waals surface area contributed by atoms with Crippen molar-refractivity contribution >= 4 is 28.5 Å². The molecular formula is C23H25FN4O3. The van der Waals surface area contributed by atoms with Gasteiger partial charge in [-0.25, -0.2) is 19.2 Å². The third kappa shape index (κ3) is 4.74. The van der Waals surface area contributed by atoms with E-state index in [0.717, 1.165) is 27.8 Å². The van der Waals surface area contributed by atoms with E-state index in [0.29, 0.717) is 5.82 Å². The molecule has 8 heteroatoms. The van der Waals surface area contributed by atoms with Crippen LogP contribution in [-0.2, 0) is 4.74 Å². The molecule has 3 heterocycles. The molecule has 1 amide bonds. The number of amides is 1. The highest BCUT2D eigenvalue weighted by molar-refractivity contribution is 5.87.